The number of amides is 1. The minimum Gasteiger partial charge on any atom is -0.444 e. The number of alkyl carbamates (subject to hydrolysis) is 1. The summed E-state index contributed by atoms with van der Waals surface area (Å²) in [5.41, 5.74) is -0.711. The van der Waals surface area contributed by atoms with E-state index in [0.29, 0.717) is 4.80 Å². The van der Waals surface area contributed by atoms with E-state index in [1.807, 2.05) is 20.8 Å². The summed E-state index contributed by atoms with van der Waals surface area (Å²) in [4.78, 5) is 11.9. The van der Waals surface area contributed by atoms with Crippen molar-refractivity contribution in [1.29, 1.82) is 0 Å². The van der Waals surface area contributed by atoms with Gasteiger partial charge in [-0.1, -0.05) is 11.8 Å². The topological polar surface area (TPSA) is 50.4 Å². The van der Waals surface area contributed by atoms with Crippen LogP contribution in [0.5, 0.6) is 0 Å². The number of carbonyl (C=O) groups is 1. The molecular formula is C8H13BN2O2S. The Hall–Kier alpha value is -0.775. The fraction of sp³-hybridized carbons (Fsp3) is 0.625. The predicted octanol–water partition coefficient (Wildman–Crippen LogP) is 1.10. The van der Waals surface area contributed by atoms with Gasteiger partial charge < -0.3 is 10.1 Å². The summed E-state index contributed by atoms with van der Waals surface area (Å²) < 4.78 is 5.07. The van der Waals surface area contributed by atoms with Gasteiger partial charge in [-0.2, -0.15) is 0 Å². The van der Waals surface area contributed by atoms with Gasteiger partial charge in [0.25, 0.3) is 0 Å². The van der Waals surface area contributed by atoms with Crippen LogP contribution in [0.4, 0.5) is 4.79 Å². The molecule has 0 aromatic heterocycles. The van der Waals surface area contributed by atoms with E-state index >= 15 is 0 Å². The lowest BCUT2D eigenvalue weighted by Gasteiger charge is -2.21. The second kappa shape index (κ2) is 4.17. The molecule has 2 N–H and O–H groups in total. The van der Waals surface area contributed by atoms with Crippen molar-refractivity contribution in [1.82, 2.24) is 10.6 Å². The van der Waals surface area contributed by atoms with Gasteiger partial charge in [0.15, 0.2) is 5.50 Å². The second-order valence-electron chi connectivity index (χ2n) is 3.86. The Bertz CT molecular complexity index is 263. The number of carbonyl (C=O) groups excluding carboxylic acids is 1. The number of ether oxygens (including phenoxy) is 1. The van der Waals surface area contributed by atoms with Crippen LogP contribution in [0.25, 0.3) is 0 Å². The molecule has 1 rings (SSSR count). The molecule has 1 heterocycles. The Balaban J connectivity index is 2.29. The zero-order chi connectivity index (χ0) is 10.8. The molecule has 76 valence electrons. The van der Waals surface area contributed by atoms with Crippen molar-refractivity contribution in [3.05, 3.63) is 11.0 Å². The maximum absolute atomic E-state index is 11.3. The first-order chi connectivity index (χ1) is 6.37. The highest BCUT2D eigenvalue weighted by Gasteiger charge is 2.21. The first-order valence-corrected chi connectivity index (χ1v) is 5.13. The van der Waals surface area contributed by atoms with Crippen LogP contribution in [0.2, 0.25) is 0 Å². The Morgan fingerprint density at radius 1 is 1.71 bits per heavy atom. The summed E-state index contributed by atoms with van der Waals surface area (Å²) >= 11 is 1.34. The summed E-state index contributed by atoms with van der Waals surface area (Å²) in [5.74, 6) is 0. The first-order valence-electron chi connectivity index (χ1n) is 4.25. The van der Waals surface area contributed by atoms with Crippen LogP contribution >= 0.6 is 11.8 Å². The van der Waals surface area contributed by atoms with E-state index in [1.165, 1.54) is 11.8 Å². The molecule has 1 amide bonds. The molecule has 0 fully saturated rings. The van der Waals surface area contributed by atoms with Crippen LogP contribution in [0, 0.1) is 0 Å². The van der Waals surface area contributed by atoms with Crippen LogP contribution in [-0.4, -0.2) is 25.0 Å². The van der Waals surface area contributed by atoms with Gasteiger partial charge in [0, 0.05) is 0 Å². The first kappa shape index (κ1) is 11.3. The Kier molecular flexibility index (Phi) is 3.36. The van der Waals surface area contributed by atoms with Crippen LogP contribution in [0.3, 0.4) is 0 Å². The third kappa shape index (κ3) is 3.96. The standard InChI is InChI=1S/C8H13BN2O2S/c1-8(2,3)13-7(12)11-6-10-4-5(9)14-6/h4,6,10H,1-3H3,(H,11,12). The third-order valence-corrected chi connectivity index (χ3v) is 2.16. The van der Waals surface area contributed by atoms with E-state index < -0.39 is 11.7 Å². The van der Waals surface area contributed by atoms with Crippen molar-refractivity contribution in [2.24, 2.45) is 0 Å². The van der Waals surface area contributed by atoms with E-state index in [2.05, 4.69) is 10.6 Å². The molecule has 0 saturated heterocycles. The normalized spacial score (nSPS) is 21.1. The highest BCUT2D eigenvalue weighted by molar-refractivity contribution is 8.05. The number of thioether (sulfide) groups is 1. The molecule has 1 aliphatic heterocycles. The fourth-order valence-corrected chi connectivity index (χ4v) is 1.55. The Morgan fingerprint density at radius 3 is 2.79 bits per heavy atom. The molecule has 2 radical (unpaired) electrons. The van der Waals surface area contributed by atoms with Crippen LogP contribution < -0.4 is 10.6 Å². The smallest absolute Gasteiger partial charge is 0.409 e. The molecule has 14 heavy (non-hydrogen) atoms. The van der Waals surface area contributed by atoms with Gasteiger partial charge in [0.05, 0.1) is 0 Å². The number of hydrogen-bond acceptors (Lipinski definition) is 4. The lowest BCUT2D eigenvalue weighted by atomic mass is 10.1. The molecule has 0 spiro atoms. The number of hydrogen-bond donors (Lipinski definition) is 2. The van der Waals surface area contributed by atoms with E-state index in [1.54, 1.807) is 6.20 Å². The van der Waals surface area contributed by atoms with Gasteiger partial charge in [0.1, 0.15) is 13.4 Å². The zero-order valence-corrected chi connectivity index (χ0v) is 9.27. The van der Waals surface area contributed by atoms with E-state index in [4.69, 9.17) is 12.6 Å². The van der Waals surface area contributed by atoms with E-state index in [-0.39, 0.29) is 5.50 Å². The van der Waals surface area contributed by atoms with Gasteiger partial charge >= 0.3 is 6.09 Å². The molecule has 1 aliphatic rings. The van der Waals surface area contributed by atoms with Crippen LogP contribution in [0.1, 0.15) is 20.8 Å². The molecule has 0 aromatic carbocycles. The molecule has 0 aliphatic carbocycles. The lowest BCUT2D eigenvalue weighted by Crippen LogP contribution is -2.41. The van der Waals surface area contributed by atoms with Gasteiger partial charge in [0.2, 0.25) is 0 Å². The van der Waals surface area contributed by atoms with Crippen LogP contribution in [0.15, 0.2) is 11.0 Å². The molecule has 6 heteroatoms. The monoisotopic (exact) mass is 212 g/mol. The highest BCUT2D eigenvalue weighted by atomic mass is 32.2. The molecule has 1 atom stereocenters. The number of rotatable bonds is 1. The lowest BCUT2D eigenvalue weighted by molar-refractivity contribution is 0.0519. The number of nitrogens with one attached hydrogen (secondary N) is 2. The Morgan fingerprint density at radius 2 is 2.36 bits per heavy atom. The minimum absolute atomic E-state index is 0.232. The highest BCUT2D eigenvalue weighted by Crippen LogP contribution is 2.20. The Labute approximate surface area is 89.2 Å². The van der Waals surface area contributed by atoms with Crippen molar-refractivity contribution in [3.63, 3.8) is 0 Å². The summed E-state index contributed by atoms with van der Waals surface area (Å²) in [6.45, 7) is 5.44. The van der Waals surface area contributed by atoms with E-state index in [0.717, 1.165) is 0 Å². The summed E-state index contributed by atoms with van der Waals surface area (Å²) in [6, 6.07) is 0. The average Bonchev–Trinajstić information content (AvgIpc) is 2.30. The van der Waals surface area contributed by atoms with Crippen molar-refractivity contribution >= 4 is 25.7 Å². The van der Waals surface area contributed by atoms with Gasteiger partial charge in [-0.25, -0.2) is 4.79 Å². The fourth-order valence-electron chi connectivity index (χ4n) is 0.848. The maximum Gasteiger partial charge on any atom is 0.409 e. The van der Waals surface area contributed by atoms with Crippen molar-refractivity contribution in [2.45, 2.75) is 31.9 Å². The maximum atomic E-state index is 11.3. The quantitative estimate of drug-likeness (QED) is 0.639. The molecule has 0 saturated carbocycles. The minimum atomic E-state index is -0.480. The van der Waals surface area contributed by atoms with Gasteiger partial charge in [-0.15, -0.1) is 0 Å². The second-order valence-corrected chi connectivity index (χ2v) is 5.04. The van der Waals surface area contributed by atoms with Gasteiger partial charge in [-0.05, 0) is 31.8 Å². The van der Waals surface area contributed by atoms with Gasteiger partial charge in [-0.3, -0.25) is 5.32 Å². The van der Waals surface area contributed by atoms with Crippen molar-refractivity contribution in [3.8, 4) is 0 Å². The molecular weight excluding hydrogens is 199 g/mol. The SMILES string of the molecule is [B]C1=CNC(NC(=O)OC(C)(C)C)S1. The summed E-state index contributed by atoms with van der Waals surface area (Å²) in [6.07, 6.45) is 1.19. The molecule has 4 nitrogen and oxygen atoms in total. The largest absolute Gasteiger partial charge is 0.444 e. The third-order valence-electron chi connectivity index (χ3n) is 1.28. The van der Waals surface area contributed by atoms with E-state index in [9.17, 15) is 4.79 Å². The zero-order valence-electron chi connectivity index (χ0n) is 8.46. The van der Waals surface area contributed by atoms with Crippen LogP contribution in [-0.2, 0) is 4.74 Å². The molecule has 1 unspecified atom stereocenters. The predicted molar refractivity (Wildman–Crippen MR) is 57.7 cm³/mol. The summed E-state index contributed by atoms with van der Waals surface area (Å²) in [5, 5.41) is 5.51. The summed E-state index contributed by atoms with van der Waals surface area (Å²) in [7, 11) is 5.50. The van der Waals surface area contributed by atoms with Crippen molar-refractivity contribution in [2.75, 3.05) is 0 Å². The molecule has 0 bridgehead atoms. The molecule has 0 aromatic rings. The van der Waals surface area contributed by atoms with Crippen molar-refractivity contribution < 1.29 is 9.53 Å². The average molecular weight is 212 g/mol.